The number of rotatable bonds is 4. The number of anilines is 1. The molecule has 0 aromatic carbocycles. The minimum atomic E-state index is 0.0806. The fraction of sp³-hybridized carbons (Fsp3) is 0.750. The highest BCUT2D eigenvalue weighted by Gasteiger charge is 2.40. The minimum Gasteiger partial charge on any atom is -0.396 e. The number of aliphatic hydroxyl groups excluding tert-OH is 1. The highest BCUT2D eigenvalue weighted by molar-refractivity contribution is 5.44. The zero-order valence-electron chi connectivity index (χ0n) is 12.6. The van der Waals surface area contributed by atoms with E-state index in [-0.39, 0.29) is 5.41 Å². The van der Waals surface area contributed by atoms with Gasteiger partial charge in [-0.3, -0.25) is 4.98 Å². The summed E-state index contributed by atoms with van der Waals surface area (Å²) in [5.41, 5.74) is 2.04. The first-order valence-corrected chi connectivity index (χ1v) is 7.78. The lowest BCUT2D eigenvalue weighted by Gasteiger charge is -2.43. The zero-order chi connectivity index (χ0) is 14.2. The van der Waals surface area contributed by atoms with Crippen LogP contribution in [0.4, 0.5) is 5.82 Å². The molecule has 0 spiro atoms. The third kappa shape index (κ3) is 2.80. The maximum absolute atomic E-state index is 9.94. The van der Waals surface area contributed by atoms with Crippen LogP contribution in [-0.4, -0.2) is 34.8 Å². The van der Waals surface area contributed by atoms with E-state index in [4.69, 9.17) is 0 Å². The van der Waals surface area contributed by atoms with E-state index in [0.29, 0.717) is 6.61 Å². The number of hydrogen-bond acceptors (Lipinski definition) is 4. The lowest BCUT2D eigenvalue weighted by atomic mass is 9.76. The maximum Gasteiger partial charge on any atom is 0.150 e. The molecule has 1 aromatic rings. The average molecular weight is 275 g/mol. The second-order valence-corrected chi connectivity index (χ2v) is 6.75. The summed E-state index contributed by atoms with van der Waals surface area (Å²) in [6.45, 7) is 6.28. The number of aliphatic hydroxyl groups is 1. The first kappa shape index (κ1) is 13.8. The minimum absolute atomic E-state index is 0.0806. The van der Waals surface area contributed by atoms with E-state index in [1.807, 2.05) is 20.0 Å². The van der Waals surface area contributed by atoms with Crippen LogP contribution in [0.2, 0.25) is 0 Å². The molecule has 20 heavy (non-hydrogen) atoms. The van der Waals surface area contributed by atoms with Gasteiger partial charge in [-0.25, -0.2) is 4.98 Å². The normalized spacial score (nSPS) is 26.9. The first-order valence-electron chi connectivity index (χ1n) is 7.78. The number of aryl methyl sites for hydroxylation is 2. The van der Waals surface area contributed by atoms with Gasteiger partial charge in [0.2, 0.25) is 0 Å². The Morgan fingerprint density at radius 3 is 2.90 bits per heavy atom. The van der Waals surface area contributed by atoms with Crippen LogP contribution in [0, 0.1) is 25.2 Å². The van der Waals surface area contributed by atoms with E-state index in [2.05, 4.69) is 14.9 Å². The first-order chi connectivity index (χ1) is 9.62. The van der Waals surface area contributed by atoms with Gasteiger partial charge >= 0.3 is 0 Å². The van der Waals surface area contributed by atoms with Crippen molar-refractivity contribution in [1.82, 2.24) is 9.97 Å². The Labute approximate surface area is 121 Å². The standard InChI is InChI=1S/C16H25N3O/c1-12-9-17-13(2)15(18-12)19-7-3-6-16(10-19,11-20)8-14-4-5-14/h9,14,20H,3-8,10-11H2,1-2H3/t16-/m1/s1. The molecule has 1 saturated carbocycles. The Morgan fingerprint density at radius 2 is 2.20 bits per heavy atom. The van der Waals surface area contributed by atoms with Crippen LogP contribution in [0.25, 0.3) is 0 Å². The molecule has 1 saturated heterocycles. The smallest absolute Gasteiger partial charge is 0.150 e. The molecule has 2 heterocycles. The predicted molar refractivity (Wildman–Crippen MR) is 79.8 cm³/mol. The summed E-state index contributed by atoms with van der Waals surface area (Å²) >= 11 is 0. The van der Waals surface area contributed by atoms with E-state index < -0.39 is 0 Å². The molecule has 1 aliphatic heterocycles. The van der Waals surface area contributed by atoms with Gasteiger partial charge in [-0.1, -0.05) is 12.8 Å². The summed E-state index contributed by atoms with van der Waals surface area (Å²) in [6, 6.07) is 0. The monoisotopic (exact) mass is 275 g/mol. The number of piperidine rings is 1. The van der Waals surface area contributed by atoms with Crippen molar-refractivity contribution in [3.05, 3.63) is 17.6 Å². The Hall–Kier alpha value is -1.16. The van der Waals surface area contributed by atoms with Gasteiger partial charge in [-0.2, -0.15) is 0 Å². The van der Waals surface area contributed by atoms with E-state index in [9.17, 15) is 5.11 Å². The molecule has 2 fully saturated rings. The quantitative estimate of drug-likeness (QED) is 0.917. The van der Waals surface area contributed by atoms with Crippen LogP contribution in [0.5, 0.6) is 0 Å². The lowest BCUT2D eigenvalue weighted by molar-refractivity contribution is 0.0901. The molecular formula is C16H25N3O. The second kappa shape index (κ2) is 5.32. The average Bonchev–Trinajstić information content (AvgIpc) is 3.25. The fourth-order valence-electron chi connectivity index (χ4n) is 3.51. The molecule has 4 nitrogen and oxygen atoms in total. The van der Waals surface area contributed by atoms with Crippen LogP contribution < -0.4 is 4.90 Å². The topological polar surface area (TPSA) is 49.2 Å². The molecule has 0 radical (unpaired) electrons. The molecule has 1 aliphatic carbocycles. The third-order valence-corrected chi connectivity index (χ3v) is 4.77. The van der Waals surface area contributed by atoms with Crippen molar-refractivity contribution in [2.45, 2.75) is 46.0 Å². The van der Waals surface area contributed by atoms with Crippen LogP contribution >= 0.6 is 0 Å². The Balaban J connectivity index is 1.81. The summed E-state index contributed by atoms with van der Waals surface area (Å²) in [5, 5.41) is 9.94. The summed E-state index contributed by atoms with van der Waals surface area (Å²) in [7, 11) is 0. The number of aromatic nitrogens is 2. The molecule has 0 amide bonds. The van der Waals surface area contributed by atoms with Gasteiger partial charge < -0.3 is 10.0 Å². The Kier molecular flexibility index (Phi) is 3.67. The molecule has 0 unspecified atom stereocenters. The van der Waals surface area contributed by atoms with Crippen LogP contribution in [0.15, 0.2) is 6.20 Å². The molecule has 2 aliphatic rings. The van der Waals surface area contributed by atoms with E-state index >= 15 is 0 Å². The Morgan fingerprint density at radius 1 is 1.40 bits per heavy atom. The maximum atomic E-state index is 9.94. The molecule has 3 rings (SSSR count). The molecular weight excluding hydrogens is 250 g/mol. The van der Waals surface area contributed by atoms with Crippen molar-refractivity contribution in [3.8, 4) is 0 Å². The van der Waals surface area contributed by atoms with Gasteiger partial charge in [0.1, 0.15) is 5.82 Å². The SMILES string of the molecule is Cc1cnc(C)c(N2CCC[C@@](CO)(CC3CC3)C2)n1. The third-order valence-electron chi connectivity index (χ3n) is 4.77. The van der Waals surface area contributed by atoms with Crippen LogP contribution in [0.3, 0.4) is 0 Å². The summed E-state index contributed by atoms with van der Waals surface area (Å²) in [4.78, 5) is 11.5. The lowest BCUT2D eigenvalue weighted by Crippen LogP contribution is -2.46. The zero-order valence-corrected chi connectivity index (χ0v) is 12.6. The van der Waals surface area contributed by atoms with Gasteiger partial charge in [0.15, 0.2) is 0 Å². The summed E-state index contributed by atoms with van der Waals surface area (Å²) in [6.07, 6.45) is 8.00. The van der Waals surface area contributed by atoms with Crippen molar-refractivity contribution < 1.29 is 5.11 Å². The summed E-state index contributed by atoms with van der Waals surface area (Å²) in [5.74, 6) is 1.87. The largest absolute Gasteiger partial charge is 0.396 e. The highest BCUT2D eigenvalue weighted by Crippen LogP contribution is 2.45. The summed E-state index contributed by atoms with van der Waals surface area (Å²) < 4.78 is 0. The van der Waals surface area contributed by atoms with Gasteiger partial charge in [-0.05, 0) is 39.0 Å². The predicted octanol–water partition coefficient (Wildman–Crippen LogP) is 2.47. The molecule has 4 heteroatoms. The van der Waals surface area contributed by atoms with Gasteiger partial charge in [0.25, 0.3) is 0 Å². The number of nitrogens with zero attached hydrogens (tertiary/aromatic N) is 3. The molecule has 1 N–H and O–H groups in total. The van der Waals surface area contributed by atoms with Crippen molar-refractivity contribution >= 4 is 5.82 Å². The number of hydrogen-bond donors (Lipinski definition) is 1. The van der Waals surface area contributed by atoms with Crippen LogP contribution in [-0.2, 0) is 0 Å². The highest BCUT2D eigenvalue weighted by atomic mass is 16.3. The molecule has 1 atom stereocenters. The van der Waals surface area contributed by atoms with Gasteiger partial charge in [-0.15, -0.1) is 0 Å². The van der Waals surface area contributed by atoms with Gasteiger partial charge in [0.05, 0.1) is 18.0 Å². The van der Waals surface area contributed by atoms with Crippen LogP contribution in [0.1, 0.15) is 43.5 Å². The second-order valence-electron chi connectivity index (χ2n) is 6.75. The van der Waals surface area contributed by atoms with E-state index in [1.165, 1.54) is 19.3 Å². The molecule has 110 valence electrons. The van der Waals surface area contributed by atoms with Crippen molar-refractivity contribution in [2.75, 3.05) is 24.6 Å². The molecule has 0 bridgehead atoms. The molecule has 1 aromatic heterocycles. The fourth-order valence-corrected chi connectivity index (χ4v) is 3.51. The van der Waals surface area contributed by atoms with Crippen molar-refractivity contribution in [3.63, 3.8) is 0 Å². The van der Waals surface area contributed by atoms with E-state index in [0.717, 1.165) is 49.1 Å². The van der Waals surface area contributed by atoms with E-state index in [1.54, 1.807) is 0 Å². The van der Waals surface area contributed by atoms with Gasteiger partial charge in [0, 0.05) is 24.7 Å². The van der Waals surface area contributed by atoms with Crippen molar-refractivity contribution in [2.24, 2.45) is 11.3 Å². The Bertz CT molecular complexity index is 487. The van der Waals surface area contributed by atoms with Crippen molar-refractivity contribution in [1.29, 1.82) is 0 Å².